The first-order valence-electron chi connectivity index (χ1n) is 6.55. The largest absolute Gasteiger partial charge is 0.506 e. The van der Waals surface area contributed by atoms with Gasteiger partial charge >= 0.3 is 11.9 Å². The number of rotatable bonds is 3. The van der Waals surface area contributed by atoms with E-state index in [2.05, 4.69) is 9.47 Å². The number of phenols is 1. The van der Waals surface area contributed by atoms with Gasteiger partial charge in [0.05, 0.1) is 26.2 Å². The number of carbonyl (C=O) groups is 3. The Hall–Kier alpha value is -2.37. The van der Waals surface area contributed by atoms with Gasteiger partial charge in [-0.25, -0.2) is 4.79 Å². The second-order valence-electron chi connectivity index (χ2n) is 4.81. The highest BCUT2D eigenvalue weighted by Crippen LogP contribution is 2.35. The topological polar surface area (TPSA) is 89.9 Å². The van der Waals surface area contributed by atoms with Crippen molar-refractivity contribution in [3.05, 3.63) is 28.3 Å². The molecule has 0 bridgehead atoms. The molecule has 0 saturated carbocycles. The number of ketones is 1. The first-order valence-corrected chi connectivity index (χ1v) is 6.55. The fourth-order valence-corrected chi connectivity index (χ4v) is 2.55. The van der Waals surface area contributed by atoms with Gasteiger partial charge in [0.1, 0.15) is 11.3 Å². The van der Waals surface area contributed by atoms with Crippen LogP contribution >= 0.6 is 0 Å². The molecule has 1 N–H and O–H groups in total. The standard InChI is InChI=1S/C15H16O6/c1-20-11(17)7-9-6-8-4-3-5-10(16)12(8)14(18)13(9)15(19)21-2/h6,18H,3-5,7H2,1-2H3. The quantitative estimate of drug-likeness (QED) is 0.847. The maximum absolute atomic E-state index is 12.0. The first kappa shape index (κ1) is 15.0. The monoisotopic (exact) mass is 292 g/mol. The molecule has 0 aromatic heterocycles. The Morgan fingerprint density at radius 2 is 1.95 bits per heavy atom. The fourth-order valence-electron chi connectivity index (χ4n) is 2.55. The van der Waals surface area contributed by atoms with E-state index in [1.165, 1.54) is 14.2 Å². The van der Waals surface area contributed by atoms with Crippen LogP contribution in [0.15, 0.2) is 6.07 Å². The van der Waals surface area contributed by atoms with E-state index in [-0.39, 0.29) is 23.3 Å². The zero-order valence-corrected chi connectivity index (χ0v) is 11.9. The summed E-state index contributed by atoms with van der Waals surface area (Å²) in [6, 6.07) is 1.61. The number of aromatic hydroxyl groups is 1. The Morgan fingerprint density at radius 1 is 1.24 bits per heavy atom. The maximum Gasteiger partial charge on any atom is 0.341 e. The highest BCUT2D eigenvalue weighted by molar-refractivity contribution is 6.06. The van der Waals surface area contributed by atoms with Gasteiger partial charge in [-0.15, -0.1) is 0 Å². The van der Waals surface area contributed by atoms with Crippen LogP contribution < -0.4 is 0 Å². The third-order valence-electron chi connectivity index (χ3n) is 3.55. The molecule has 0 spiro atoms. The summed E-state index contributed by atoms with van der Waals surface area (Å²) >= 11 is 0. The van der Waals surface area contributed by atoms with Crippen LogP contribution in [0.25, 0.3) is 0 Å². The van der Waals surface area contributed by atoms with Crippen LogP contribution in [0.5, 0.6) is 5.75 Å². The molecule has 1 aliphatic rings. The van der Waals surface area contributed by atoms with Gasteiger partial charge in [-0.2, -0.15) is 0 Å². The van der Waals surface area contributed by atoms with Crippen LogP contribution in [0, 0.1) is 0 Å². The molecule has 21 heavy (non-hydrogen) atoms. The molecular formula is C15H16O6. The minimum atomic E-state index is -0.785. The van der Waals surface area contributed by atoms with Crippen molar-refractivity contribution in [1.82, 2.24) is 0 Å². The first-order chi connectivity index (χ1) is 9.99. The van der Waals surface area contributed by atoms with Gasteiger partial charge in [-0.3, -0.25) is 9.59 Å². The number of hydrogen-bond acceptors (Lipinski definition) is 6. The van der Waals surface area contributed by atoms with Crippen molar-refractivity contribution in [3.8, 4) is 5.75 Å². The van der Waals surface area contributed by atoms with Gasteiger partial charge in [0.15, 0.2) is 5.78 Å². The minimum Gasteiger partial charge on any atom is -0.506 e. The predicted octanol–water partition coefficient (Wildman–Crippen LogP) is 1.41. The highest BCUT2D eigenvalue weighted by atomic mass is 16.5. The Kier molecular flexibility index (Phi) is 4.26. The van der Waals surface area contributed by atoms with Crippen molar-refractivity contribution < 1.29 is 29.0 Å². The van der Waals surface area contributed by atoms with E-state index in [0.29, 0.717) is 30.4 Å². The molecule has 2 rings (SSSR count). The molecule has 0 fully saturated rings. The van der Waals surface area contributed by atoms with E-state index in [4.69, 9.17) is 0 Å². The summed E-state index contributed by atoms with van der Waals surface area (Å²) in [7, 11) is 2.41. The third kappa shape index (κ3) is 2.74. The van der Waals surface area contributed by atoms with Crippen LogP contribution in [0.2, 0.25) is 0 Å². The molecule has 0 radical (unpaired) electrons. The Morgan fingerprint density at radius 3 is 2.57 bits per heavy atom. The number of hydrogen-bond donors (Lipinski definition) is 1. The molecule has 0 atom stereocenters. The molecule has 0 aliphatic heterocycles. The number of Topliss-reactive ketones (excluding diaryl/α,β-unsaturated/α-hetero) is 1. The molecular weight excluding hydrogens is 276 g/mol. The number of fused-ring (bicyclic) bond motifs is 1. The fraction of sp³-hybridized carbons (Fsp3) is 0.400. The van der Waals surface area contributed by atoms with E-state index in [1.807, 2.05) is 0 Å². The molecule has 6 nitrogen and oxygen atoms in total. The average Bonchev–Trinajstić information content (AvgIpc) is 2.46. The van der Waals surface area contributed by atoms with Gasteiger partial charge in [-0.05, 0) is 24.0 Å². The molecule has 0 amide bonds. The summed E-state index contributed by atoms with van der Waals surface area (Å²) in [5.74, 6) is -1.93. The molecule has 0 saturated heterocycles. The average molecular weight is 292 g/mol. The molecule has 0 heterocycles. The zero-order valence-electron chi connectivity index (χ0n) is 11.9. The number of ether oxygens (including phenoxy) is 2. The number of phenolic OH excluding ortho intramolecular Hbond substituents is 1. The number of aryl methyl sites for hydroxylation is 1. The molecule has 1 aromatic rings. The van der Waals surface area contributed by atoms with E-state index >= 15 is 0 Å². The molecule has 112 valence electrons. The lowest BCUT2D eigenvalue weighted by Gasteiger charge is -2.20. The Labute approximate surface area is 121 Å². The van der Waals surface area contributed by atoms with E-state index in [0.717, 1.165) is 0 Å². The summed E-state index contributed by atoms with van der Waals surface area (Å²) in [6.45, 7) is 0. The summed E-state index contributed by atoms with van der Waals surface area (Å²) in [5, 5.41) is 10.3. The molecule has 0 unspecified atom stereocenters. The zero-order chi connectivity index (χ0) is 15.6. The maximum atomic E-state index is 12.0. The van der Waals surface area contributed by atoms with E-state index in [9.17, 15) is 19.5 Å². The van der Waals surface area contributed by atoms with Crippen LogP contribution in [0.3, 0.4) is 0 Å². The minimum absolute atomic E-state index is 0.142. The second-order valence-corrected chi connectivity index (χ2v) is 4.81. The summed E-state index contributed by atoms with van der Waals surface area (Å²) in [5.41, 5.74) is 0.974. The lowest BCUT2D eigenvalue weighted by molar-refractivity contribution is -0.139. The molecule has 1 aromatic carbocycles. The van der Waals surface area contributed by atoms with Crippen molar-refractivity contribution >= 4 is 17.7 Å². The van der Waals surface area contributed by atoms with Gasteiger partial charge < -0.3 is 14.6 Å². The van der Waals surface area contributed by atoms with Crippen LogP contribution in [0.1, 0.15) is 44.7 Å². The normalized spacial score (nSPS) is 13.5. The SMILES string of the molecule is COC(=O)Cc1cc2c(c(O)c1C(=O)OC)C(=O)CCC2. The van der Waals surface area contributed by atoms with Crippen LogP contribution in [-0.4, -0.2) is 37.0 Å². The number of esters is 2. The lowest BCUT2D eigenvalue weighted by atomic mass is 9.85. The van der Waals surface area contributed by atoms with Crippen molar-refractivity contribution in [2.45, 2.75) is 25.7 Å². The Balaban J connectivity index is 2.63. The van der Waals surface area contributed by atoms with E-state index < -0.39 is 17.7 Å². The number of carbonyl (C=O) groups excluding carboxylic acids is 3. The van der Waals surface area contributed by atoms with Crippen LogP contribution in [-0.2, 0) is 27.1 Å². The van der Waals surface area contributed by atoms with Gasteiger partial charge in [0.2, 0.25) is 0 Å². The van der Waals surface area contributed by atoms with E-state index in [1.54, 1.807) is 6.07 Å². The van der Waals surface area contributed by atoms with Crippen molar-refractivity contribution in [2.75, 3.05) is 14.2 Å². The summed E-state index contributed by atoms with van der Waals surface area (Å²) < 4.78 is 9.22. The smallest absolute Gasteiger partial charge is 0.341 e. The predicted molar refractivity (Wildman–Crippen MR) is 72.4 cm³/mol. The van der Waals surface area contributed by atoms with Crippen molar-refractivity contribution in [1.29, 1.82) is 0 Å². The van der Waals surface area contributed by atoms with Gasteiger partial charge in [-0.1, -0.05) is 6.07 Å². The van der Waals surface area contributed by atoms with Gasteiger partial charge in [0, 0.05) is 6.42 Å². The molecule has 1 aliphatic carbocycles. The number of benzene rings is 1. The van der Waals surface area contributed by atoms with Gasteiger partial charge in [0.25, 0.3) is 0 Å². The molecule has 6 heteroatoms. The van der Waals surface area contributed by atoms with Crippen molar-refractivity contribution in [3.63, 3.8) is 0 Å². The summed E-state index contributed by atoms with van der Waals surface area (Å²) in [4.78, 5) is 35.3. The second kappa shape index (κ2) is 5.95. The summed E-state index contributed by atoms with van der Waals surface area (Å²) in [6.07, 6.45) is 1.46. The Bertz CT molecular complexity index is 617. The van der Waals surface area contributed by atoms with Crippen molar-refractivity contribution in [2.24, 2.45) is 0 Å². The number of methoxy groups -OCH3 is 2. The highest BCUT2D eigenvalue weighted by Gasteiger charge is 2.29. The van der Waals surface area contributed by atoms with Crippen LogP contribution in [0.4, 0.5) is 0 Å². The lowest BCUT2D eigenvalue weighted by Crippen LogP contribution is -2.18. The third-order valence-corrected chi connectivity index (χ3v) is 3.55.